The van der Waals surface area contributed by atoms with E-state index in [9.17, 15) is 0 Å². The molecule has 1 aliphatic heterocycles. The molecule has 3 rings (SSSR count). The van der Waals surface area contributed by atoms with Crippen LogP contribution in [0.1, 0.15) is 30.6 Å². The lowest BCUT2D eigenvalue weighted by molar-refractivity contribution is -0.183. The Hall–Kier alpha value is 0.0600. The van der Waals surface area contributed by atoms with Crippen LogP contribution in [-0.4, -0.2) is 37.0 Å². The summed E-state index contributed by atoms with van der Waals surface area (Å²) in [6.45, 7) is 2.56. The van der Waals surface area contributed by atoms with Crippen LogP contribution in [0.4, 0.5) is 0 Å². The number of rotatable bonds is 3. The third-order valence-electron chi connectivity index (χ3n) is 4.24. The number of hydrogen-bond acceptors (Lipinski definition) is 4. The first-order valence-electron chi connectivity index (χ1n) is 6.89. The number of thiophene rings is 1. The van der Waals surface area contributed by atoms with E-state index >= 15 is 0 Å². The average molecular weight is 346 g/mol. The van der Waals surface area contributed by atoms with Gasteiger partial charge in [-0.15, -0.1) is 11.3 Å². The Labute approximate surface area is 127 Å². The van der Waals surface area contributed by atoms with Gasteiger partial charge in [0.05, 0.1) is 13.2 Å². The van der Waals surface area contributed by atoms with E-state index < -0.39 is 0 Å². The summed E-state index contributed by atoms with van der Waals surface area (Å²) in [7, 11) is 2.23. The van der Waals surface area contributed by atoms with Gasteiger partial charge in [0.25, 0.3) is 0 Å². The van der Waals surface area contributed by atoms with Gasteiger partial charge in [-0.2, -0.15) is 0 Å². The highest BCUT2D eigenvalue weighted by Gasteiger charge is 2.41. The number of halogens is 1. The minimum Gasteiger partial charge on any atom is -0.348 e. The van der Waals surface area contributed by atoms with E-state index in [0.717, 1.165) is 32.6 Å². The van der Waals surface area contributed by atoms with Gasteiger partial charge in [-0.3, -0.25) is 4.90 Å². The lowest BCUT2D eigenvalue weighted by atomic mass is 9.89. The van der Waals surface area contributed by atoms with Crippen molar-refractivity contribution < 1.29 is 9.47 Å². The molecule has 0 bridgehead atoms. The lowest BCUT2D eigenvalue weighted by Crippen LogP contribution is -2.42. The first-order chi connectivity index (χ1) is 9.19. The second-order valence-corrected chi connectivity index (χ2v) is 7.30. The van der Waals surface area contributed by atoms with Crippen LogP contribution < -0.4 is 0 Å². The molecule has 2 aliphatic rings. The van der Waals surface area contributed by atoms with Crippen LogP contribution in [0.15, 0.2) is 15.9 Å². The van der Waals surface area contributed by atoms with E-state index in [4.69, 9.17) is 9.47 Å². The molecular formula is C14H20BrNO2S. The molecule has 0 aromatic carbocycles. The fraction of sp³-hybridized carbons (Fsp3) is 0.714. The van der Waals surface area contributed by atoms with Gasteiger partial charge < -0.3 is 9.47 Å². The fourth-order valence-corrected chi connectivity index (χ4v) is 4.60. The normalized spacial score (nSPS) is 23.5. The number of ether oxygens (including phenoxy) is 2. The molecule has 1 saturated heterocycles. The van der Waals surface area contributed by atoms with Crippen molar-refractivity contribution >= 4 is 27.3 Å². The monoisotopic (exact) mass is 345 g/mol. The third-order valence-corrected chi connectivity index (χ3v) is 6.15. The summed E-state index contributed by atoms with van der Waals surface area (Å²) in [5.74, 6) is -0.235. The molecule has 2 fully saturated rings. The van der Waals surface area contributed by atoms with E-state index in [0.29, 0.717) is 6.04 Å². The number of nitrogens with zero attached hydrogens (tertiary/aromatic N) is 1. The molecular weight excluding hydrogens is 326 g/mol. The predicted octanol–water partition coefficient (Wildman–Crippen LogP) is 3.63. The Morgan fingerprint density at radius 2 is 2.05 bits per heavy atom. The summed E-state index contributed by atoms with van der Waals surface area (Å²) >= 11 is 5.43. The Morgan fingerprint density at radius 3 is 2.63 bits per heavy atom. The molecule has 1 spiro atoms. The SMILES string of the molecule is CN(Cc1sccc1Br)C1CCC2(CC1)OCCO2. The summed E-state index contributed by atoms with van der Waals surface area (Å²) in [5.41, 5.74) is 0. The molecule has 1 aromatic heterocycles. The second kappa shape index (κ2) is 5.82. The zero-order chi connectivity index (χ0) is 13.3. The first kappa shape index (κ1) is 14.0. The molecule has 1 aromatic rings. The van der Waals surface area contributed by atoms with E-state index in [1.54, 1.807) is 0 Å². The molecule has 0 radical (unpaired) electrons. The molecule has 2 heterocycles. The summed E-state index contributed by atoms with van der Waals surface area (Å²) < 4.78 is 12.8. The Morgan fingerprint density at radius 1 is 1.37 bits per heavy atom. The quantitative estimate of drug-likeness (QED) is 0.834. The molecule has 106 valence electrons. The van der Waals surface area contributed by atoms with Gasteiger partial charge >= 0.3 is 0 Å². The average Bonchev–Trinajstić information content (AvgIpc) is 3.01. The predicted molar refractivity (Wildman–Crippen MR) is 80.4 cm³/mol. The summed E-state index contributed by atoms with van der Waals surface area (Å²) in [5, 5.41) is 2.14. The van der Waals surface area contributed by atoms with Crippen molar-refractivity contribution in [3.8, 4) is 0 Å². The van der Waals surface area contributed by atoms with E-state index in [2.05, 4.69) is 39.3 Å². The maximum absolute atomic E-state index is 5.79. The zero-order valence-electron chi connectivity index (χ0n) is 11.2. The van der Waals surface area contributed by atoms with Crippen LogP contribution >= 0.6 is 27.3 Å². The van der Waals surface area contributed by atoms with E-state index in [1.807, 2.05) is 11.3 Å². The Balaban J connectivity index is 1.54. The maximum Gasteiger partial charge on any atom is 0.168 e. The summed E-state index contributed by atoms with van der Waals surface area (Å²) in [4.78, 5) is 3.88. The molecule has 1 saturated carbocycles. The molecule has 5 heteroatoms. The van der Waals surface area contributed by atoms with Crippen molar-refractivity contribution in [3.63, 3.8) is 0 Å². The van der Waals surface area contributed by atoms with Crippen molar-refractivity contribution in [2.45, 2.75) is 44.1 Å². The fourth-order valence-electron chi connectivity index (χ4n) is 3.06. The van der Waals surface area contributed by atoms with Crippen LogP contribution in [0.25, 0.3) is 0 Å². The molecule has 0 N–H and O–H groups in total. The highest BCUT2D eigenvalue weighted by molar-refractivity contribution is 9.10. The van der Waals surface area contributed by atoms with Gasteiger partial charge in [-0.05, 0) is 47.3 Å². The lowest BCUT2D eigenvalue weighted by Gasteiger charge is -2.39. The van der Waals surface area contributed by atoms with Crippen LogP contribution in [0, 0.1) is 0 Å². The van der Waals surface area contributed by atoms with Gasteiger partial charge in [-0.25, -0.2) is 0 Å². The van der Waals surface area contributed by atoms with E-state index in [1.165, 1.54) is 22.2 Å². The minimum atomic E-state index is -0.235. The number of hydrogen-bond donors (Lipinski definition) is 0. The van der Waals surface area contributed by atoms with Crippen molar-refractivity contribution in [2.75, 3.05) is 20.3 Å². The van der Waals surface area contributed by atoms with Gasteiger partial charge in [-0.1, -0.05) is 0 Å². The summed E-state index contributed by atoms with van der Waals surface area (Å²) in [6, 6.07) is 2.77. The van der Waals surface area contributed by atoms with Crippen LogP contribution in [0.2, 0.25) is 0 Å². The first-order valence-corrected chi connectivity index (χ1v) is 8.56. The molecule has 19 heavy (non-hydrogen) atoms. The Bertz CT molecular complexity index is 421. The third kappa shape index (κ3) is 3.05. The van der Waals surface area contributed by atoms with Crippen molar-refractivity contribution in [1.29, 1.82) is 0 Å². The zero-order valence-corrected chi connectivity index (χ0v) is 13.6. The van der Waals surface area contributed by atoms with Crippen LogP contribution in [-0.2, 0) is 16.0 Å². The molecule has 1 aliphatic carbocycles. The smallest absolute Gasteiger partial charge is 0.168 e. The van der Waals surface area contributed by atoms with Crippen molar-refractivity contribution in [3.05, 3.63) is 20.8 Å². The largest absolute Gasteiger partial charge is 0.348 e. The standard InChI is InChI=1S/C14H20BrNO2S/c1-16(10-13-12(15)4-9-19-13)11-2-5-14(6-3-11)17-7-8-18-14/h4,9,11H,2-3,5-8,10H2,1H3. The van der Waals surface area contributed by atoms with Gasteiger partial charge in [0.2, 0.25) is 0 Å². The van der Waals surface area contributed by atoms with Gasteiger partial charge in [0, 0.05) is 34.8 Å². The minimum absolute atomic E-state index is 0.235. The van der Waals surface area contributed by atoms with Crippen molar-refractivity contribution in [2.24, 2.45) is 0 Å². The summed E-state index contributed by atoms with van der Waals surface area (Å²) in [6.07, 6.45) is 4.40. The highest BCUT2D eigenvalue weighted by atomic mass is 79.9. The molecule has 0 amide bonds. The highest BCUT2D eigenvalue weighted by Crippen LogP contribution is 2.37. The Kier molecular flexibility index (Phi) is 4.29. The second-order valence-electron chi connectivity index (χ2n) is 5.45. The van der Waals surface area contributed by atoms with Gasteiger partial charge in [0.1, 0.15) is 0 Å². The van der Waals surface area contributed by atoms with Crippen LogP contribution in [0.3, 0.4) is 0 Å². The topological polar surface area (TPSA) is 21.7 Å². The molecule has 0 atom stereocenters. The molecule has 3 nitrogen and oxygen atoms in total. The van der Waals surface area contributed by atoms with Gasteiger partial charge in [0.15, 0.2) is 5.79 Å². The molecule has 0 unspecified atom stereocenters. The maximum atomic E-state index is 5.79. The van der Waals surface area contributed by atoms with Crippen LogP contribution in [0.5, 0.6) is 0 Å². The van der Waals surface area contributed by atoms with Crippen molar-refractivity contribution in [1.82, 2.24) is 4.90 Å². The van der Waals surface area contributed by atoms with E-state index in [-0.39, 0.29) is 5.79 Å².